The topological polar surface area (TPSA) is 13.1 Å². The Morgan fingerprint density at radius 2 is 1.88 bits per heavy atom. The van der Waals surface area contributed by atoms with Gasteiger partial charge < -0.3 is 4.42 Å². The highest BCUT2D eigenvalue weighted by Crippen LogP contribution is 2.54. The van der Waals surface area contributed by atoms with Crippen LogP contribution in [-0.2, 0) is 0 Å². The summed E-state index contributed by atoms with van der Waals surface area (Å²) < 4.78 is 8.92. The molecule has 1 unspecified atom stereocenters. The molecule has 1 aliphatic carbocycles. The van der Waals surface area contributed by atoms with Crippen LogP contribution in [0.1, 0.15) is 16.2 Å². The summed E-state index contributed by atoms with van der Waals surface area (Å²) >= 11 is 14.2. The van der Waals surface area contributed by atoms with Gasteiger partial charge in [0.05, 0.1) is 13.8 Å². The van der Waals surface area contributed by atoms with E-state index in [1.165, 1.54) is 5.56 Å². The minimum Gasteiger partial charge on any atom is -0.454 e. The first-order valence-electron chi connectivity index (χ1n) is 4.51. The monoisotopic (exact) mass is 468 g/mol. The van der Waals surface area contributed by atoms with Gasteiger partial charge in [-0.05, 0) is 37.9 Å². The Morgan fingerprint density at radius 1 is 1.12 bits per heavy atom. The SMILES string of the molecule is BrC1=C(Br)C(Br)c2c1oc1c(Br)cccc21. The van der Waals surface area contributed by atoms with Crippen molar-refractivity contribution in [3.05, 3.63) is 38.5 Å². The van der Waals surface area contributed by atoms with Gasteiger partial charge in [0.1, 0.15) is 11.3 Å². The van der Waals surface area contributed by atoms with E-state index in [2.05, 4.69) is 69.8 Å². The van der Waals surface area contributed by atoms with Crippen LogP contribution >= 0.6 is 63.7 Å². The smallest absolute Gasteiger partial charge is 0.149 e. The van der Waals surface area contributed by atoms with Gasteiger partial charge in [-0.15, -0.1) is 0 Å². The van der Waals surface area contributed by atoms with Gasteiger partial charge in [0.25, 0.3) is 0 Å². The summed E-state index contributed by atoms with van der Waals surface area (Å²) in [5.74, 6) is 0.899. The lowest BCUT2D eigenvalue weighted by atomic mass is 10.1. The minimum absolute atomic E-state index is 0.160. The lowest BCUT2D eigenvalue weighted by molar-refractivity contribution is 0.600. The van der Waals surface area contributed by atoms with Crippen molar-refractivity contribution >= 4 is 79.2 Å². The summed E-state index contributed by atoms with van der Waals surface area (Å²) in [6.07, 6.45) is 0. The number of rotatable bonds is 0. The van der Waals surface area contributed by atoms with Gasteiger partial charge in [-0.25, -0.2) is 0 Å². The second-order valence-corrected chi connectivity index (χ2v) is 6.90. The van der Waals surface area contributed by atoms with Crippen molar-refractivity contribution < 1.29 is 4.42 Å². The number of fused-ring (bicyclic) bond motifs is 3. The van der Waals surface area contributed by atoms with Crippen molar-refractivity contribution in [2.75, 3.05) is 0 Å². The number of furan rings is 1. The maximum atomic E-state index is 5.88. The molecule has 5 heteroatoms. The Bertz CT molecular complexity index is 626. The van der Waals surface area contributed by atoms with Crippen LogP contribution in [0.15, 0.2) is 31.6 Å². The zero-order valence-electron chi connectivity index (χ0n) is 7.73. The molecule has 2 aromatic rings. The highest BCUT2D eigenvalue weighted by molar-refractivity contribution is 9.17. The molecule has 1 heterocycles. The Labute approximate surface area is 126 Å². The van der Waals surface area contributed by atoms with Gasteiger partial charge in [-0.3, -0.25) is 0 Å². The second-order valence-electron chi connectivity index (χ2n) is 3.49. The van der Waals surface area contributed by atoms with Gasteiger partial charge in [-0.2, -0.15) is 0 Å². The molecule has 1 atom stereocenters. The highest BCUT2D eigenvalue weighted by atomic mass is 79.9. The largest absolute Gasteiger partial charge is 0.454 e. The third-order valence-corrected chi connectivity index (χ3v) is 6.92. The molecule has 0 fully saturated rings. The number of para-hydroxylation sites is 1. The first-order valence-corrected chi connectivity index (χ1v) is 7.81. The molecule has 0 spiro atoms. The summed E-state index contributed by atoms with van der Waals surface area (Å²) in [6, 6.07) is 6.07. The highest BCUT2D eigenvalue weighted by Gasteiger charge is 2.33. The van der Waals surface area contributed by atoms with E-state index in [1.54, 1.807) is 0 Å². The molecule has 0 radical (unpaired) electrons. The lowest BCUT2D eigenvalue weighted by Crippen LogP contribution is -1.82. The Kier molecular flexibility index (Phi) is 2.86. The van der Waals surface area contributed by atoms with E-state index in [9.17, 15) is 0 Å². The van der Waals surface area contributed by atoms with Crippen molar-refractivity contribution in [2.24, 2.45) is 0 Å². The standard InChI is InChI=1S/C11H4Br4O/c12-5-3-1-2-4-6-7(13)8(14)9(15)11(6)16-10(4)5/h1-3,7H. The number of benzene rings is 1. The van der Waals surface area contributed by atoms with Gasteiger partial charge >= 0.3 is 0 Å². The van der Waals surface area contributed by atoms with Crippen molar-refractivity contribution in [2.45, 2.75) is 4.83 Å². The number of hydrogen-bond donors (Lipinski definition) is 0. The molecule has 82 valence electrons. The molecule has 1 aliphatic rings. The molecule has 1 aromatic heterocycles. The molecular formula is C11H4Br4O. The minimum atomic E-state index is 0.160. The third-order valence-electron chi connectivity index (χ3n) is 2.59. The van der Waals surface area contributed by atoms with Gasteiger partial charge in [0.2, 0.25) is 0 Å². The van der Waals surface area contributed by atoms with Gasteiger partial charge in [-0.1, -0.05) is 44.0 Å². The summed E-state index contributed by atoms with van der Waals surface area (Å²) in [5.41, 5.74) is 2.07. The van der Waals surface area contributed by atoms with Gasteiger partial charge in [0, 0.05) is 15.4 Å². The summed E-state index contributed by atoms with van der Waals surface area (Å²) in [5, 5.41) is 1.14. The van der Waals surface area contributed by atoms with Crippen LogP contribution in [0.5, 0.6) is 0 Å². The molecular weight excluding hydrogens is 468 g/mol. The number of hydrogen-bond acceptors (Lipinski definition) is 1. The Balaban J connectivity index is 2.43. The van der Waals surface area contributed by atoms with Crippen LogP contribution in [0.4, 0.5) is 0 Å². The van der Waals surface area contributed by atoms with Crippen LogP contribution in [-0.4, -0.2) is 0 Å². The first-order chi connectivity index (χ1) is 7.61. The third kappa shape index (κ3) is 1.44. The fraction of sp³-hybridized carbons (Fsp3) is 0.0909. The van der Waals surface area contributed by atoms with Crippen LogP contribution in [0, 0.1) is 0 Å². The fourth-order valence-corrected chi connectivity index (χ4v) is 4.24. The molecule has 16 heavy (non-hydrogen) atoms. The molecule has 0 bridgehead atoms. The van der Waals surface area contributed by atoms with Crippen molar-refractivity contribution in [1.29, 1.82) is 0 Å². The Morgan fingerprint density at radius 3 is 2.62 bits per heavy atom. The van der Waals surface area contributed by atoms with E-state index >= 15 is 0 Å². The maximum absolute atomic E-state index is 5.88. The van der Waals surface area contributed by atoms with E-state index in [0.717, 1.165) is 30.2 Å². The zero-order valence-corrected chi connectivity index (χ0v) is 14.1. The van der Waals surface area contributed by atoms with Crippen molar-refractivity contribution in [3.8, 4) is 0 Å². The van der Waals surface area contributed by atoms with E-state index in [0.29, 0.717) is 0 Å². The van der Waals surface area contributed by atoms with Crippen LogP contribution in [0.25, 0.3) is 15.5 Å². The molecule has 3 rings (SSSR count). The summed E-state index contributed by atoms with van der Waals surface area (Å²) in [6.45, 7) is 0. The summed E-state index contributed by atoms with van der Waals surface area (Å²) in [7, 11) is 0. The van der Waals surface area contributed by atoms with Crippen LogP contribution < -0.4 is 0 Å². The van der Waals surface area contributed by atoms with Crippen LogP contribution in [0.3, 0.4) is 0 Å². The molecule has 1 nitrogen and oxygen atoms in total. The Hall–Kier alpha value is 0.420. The van der Waals surface area contributed by atoms with E-state index in [-0.39, 0.29) is 4.83 Å². The fourth-order valence-electron chi connectivity index (χ4n) is 1.87. The average molecular weight is 472 g/mol. The molecule has 0 amide bonds. The molecule has 0 N–H and O–H groups in total. The lowest BCUT2D eigenvalue weighted by Gasteiger charge is -2.01. The number of alkyl halides is 1. The number of halogens is 4. The van der Waals surface area contributed by atoms with Crippen molar-refractivity contribution in [1.82, 2.24) is 0 Å². The average Bonchev–Trinajstić information content (AvgIpc) is 2.74. The normalized spacial score (nSPS) is 19.6. The predicted molar refractivity (Wildman–Crippen MR) is 80.4 cm³/mol. The molecule has 0 saturated heterocycles. The molecule has 0 saturated carbocycles. The molecule has 0 aliphatic heterocycles. The molecule has 1 aromatic carbocycles. The van der Waals surface area contributed by atoms with Gasteiger partial charge in [0.15, 0.2) is 0 Å². The zero-order chi connectivity index (χ0) is 11.4. The maximum Gasteiger partial charge on any atom is 0.149 e. The van der Waals surface area contributed by atoms with E-state index in [4.69, 9.17) is 4.42 Å². The quantitative estimate of drug-likeness (QED) is 0.423. The van der Waals surface area contributed by atoms with Crippen molar-refractivity contribution in [3.63, 3.8) is 0 Å². The summed E-state index contributed by atoms with van der Waals surface area (Å²) in [4.78, 5) is 0.160. The second kappa shape index (κ2) is 3.97. The van der Waals surface area contributed by atoms with E-state index in [1.807, 2.05) is 12.1 Å². The predicted octanol–water partition coefficient (Wildman–Crippen LogP) is 6.10. The van der Waals surface area contributed by atoms with Crippen LogP contribution in [0.2, 0.25) is 0 Å². The van der Waals surface area contributed by atoms with E-state index < -0.39 is 0 Å². The number of allylic oxidation sites excluding steroid dienone is 1. The first kappa shape index (κ1) is 11.5.